The van der Waals surface area contributed by atoms with Crippen LogP contribution in [-0.2, 0) is 11.3 Å². The predicted octanol–water partition coefficient (Wildman–Crippen LogP) is 0.977. The number of nitrogens with zero attached hydrogens (tertiary/aromatic N) is 8. The Morgan fingerprint density at radius 2 is 2.19 bits per heavy atom. The largest absolute Gasteiger partial charge is 0.490 e. The normalized spacial score (nSPS) is 21.2. The van der Waals surface area contributed by atoms with Crippen molar-refractivity contribution < 1.29 is 13.9 Å². The zero-order chi connectivity index (χ0) is 21.4. The van der Waals surface area contributed by atoms with Gasteiger partial charge in [0.1, 0.15) is 36.5 Å². The summed E-state index contributed by atoms with van der Waals surface area (Å²) in [5, 5.41) is 13.4. The average Bonchev–Trinajstić information content (AvgIpc) is 3.17. The lowest BCUT2D eigenvalue weighted by molar-refractivity contribution is -0.139. The fourth-order valence-corrected chi connectivity index (χ4v) is 4.14. The first-order valence-electron chi connectivity index (χ1n) is 9.98. The molecule has 0 bridgehead atoms. The van der Waals surface area contributed by atoms with E-state index in [9.17, 15) is 10.1 Å². The van der Waals surface area contributed by atoms with Gasteiger partial charge in [-0.1, -0.05) is 0 Å². The number of amides is 1. The van der Waals surface area contributed by atoms with Crippen molar-refractivity contribution in [1.82, 2.24) is 29.5 Å². The Hall–Kier alpha value is -3.81. The van der Waals surface area contributed by atoms with Crippen LogP contribution < -0.4 is 9.64 Å². The van der Waals surface area contributed by atoms with Gasteiger partial charge in [-0.3, -0.25) is 9.78 Å². The van der Waals surface area contributed by atoms with Gasteiger partial charge in [-0.05, 0) is 6.42 Å². The number of carbonyl (C=O) groups is 1. The first-order chi connectivity index (χ1) is 15.2. The van der Waals surface area contributed by atoms with Crippen molar-refractivity contribution in [2.45, 2.75) is 19.1 Å². The van der Waals surface area contributed by atoms with Gasteiger partial charge in [-0.25, -0.2) is 14.4 Å². The molecular formula is C20H19FN8O2. The summed E-state index contributed by atoms with van der Waals surface area (Å²) < 4.78 is 22.4. The van der Waals surface area contributed by atoms with Crippen molar-refractivity contribution in [3.05, 3.63) is 42.1 Å². The van der Waals surface area contributed by atoms with E-state index < -0.39 is 12.1 Å². The zero-order valence-electron chi connectivity index (χ0n) is 16.6. The Labute approximate surface area is 176 Å². The van der Waals surface area contributed by atoms with E-state index in [-0.39, 0.29) is 25.6 Å². The molecule has 2 atom stereocenters. The van der Waals surface area contributed by atoms with Crippen molar-refractivity contribution in [3.63, 3.8) is 0 Å². The molecule has 3 aromatic heterocycles. The zero-order valence-corrected chi connectivity index (χ0v) is 16.6. The van der Waals surface area contributed by atoms with Crippen LogP contribution in [0.15, 0.2) is 31.0 Å². The summed E-state index contributed by atoms with van der Waals surface area (Å²) in [5.41, 5.74) is 1.62. The number of piperidine rings is 1. The third-order valence-electron chi connectivity index (χ3n) is 5.69. The number of pyridine rings is 1. The van der Waals surface area contributed by atoms with Gasteiger partial charge in [-0.2, -0.15) is 14.9 Å². The Kier molecular flexibility index (Phi) is 4.82. The molecule has 0 N–H and O–H groups in total. The molecule has 0 aromatic carbocycles. The third-order valence-corrected chi connectivity index (χ3v) is 5.69. The Morgan fingerprint density at radius 3 is 3.03 bits per heavy atom. The van der Waals surface area contributed by atoms with Crippen LogP contribution in [0.1, 0.15) is 17.5 Å². The number of halogens is 1. The van der Waals surface area contributed by atoms with Crippen LogP contribution in [0.2, 0.25) is 0 Å². The maximum Gasteiger partial charge on any atom is 0.229 e. The van der Waals surface area contributed by atoms with E-state index in [0.29, 0.717) is 48.0 Å². The number of aromatic nitrogens is 5. The molecule has 1 amide bonds. The van der Waals surface area contributed by atoms with Gasteiger partial charge in [0.05, 0.1) is 25.6 Å². The second kappa shape index (κ2) is 7.79. The SMILES string of the molecule is N#Cc1cncc2c1OCCN(C(=O)[C@H]1CCN(c3nccc4ncnn34)C[C@@H]1F)C2. The molecule has 1 fully saturated rings. The van der Waals surface area contributed by atoms with Crippen LogP contribution in [0.3, 0.4) is 0 Å². The lowest BCUT2D eigenvalue weighted by Crippen LogP contribution is -2.49. The third kappa shape index (κ3) is 3.39. The summed E-state index contributed by atoms with van der Waals surface area (Å²) in [5.74, 6) is -0.0417. The molecule has 158 valence electrons. The van der Waals surface area contributed by atoms with E-state index in [1.807, 2.05) is 0 Å². The molecule has 0 radical (unpaired) electrons. The van der Waals surface area contributed by atoms with E-state index in [0.717, 1.165) is 0 Å². The smallest absolute Gasteiger partial charge is 0.229 e. The molecule has 5 rings (SSSR count). The number of hydrogen-bond acceptors (Lipinski definition) is 8. The number of rotatable bonds is 2. The fraction of sp³-hybridized carbons (Fsp3) is 0.400. The average molecular weight is 422 g/mol. The van der Waals surface area contributed by atoms with Gasteiger partial charge < -0.3 is 14.5 Å². The molecule has 0 aliphatic carbocycles. The number of anilines is 1. The molecule has 3 aromatic rings. The molecule has 2 aliphatic rings. The highest BCUT2D eigenvalue weighted by Crippen LogP contribution is 2.30. The quantitative estimate of drug-likeness (QED) is 0.601. The van der Waals surface area contributed by atoms with Crippen molar-refractivity contribution in [1.29, 1.82) is 5.26 Å². The highest BCUT2D eigenvalue weighted by atomic mass is 19.1. The van der Waals surface area contributed by atoms with Crippen LogP contribution in [0, 0.1) is 17.2 Å². The molecular weight excluding hydrogens is 403 g/mol. The summed E-state index contributed by atoms with van der Waals surface area (Å²) >= 11 is 0. The number of alkyl halides is 1. The van der Waals surface area contributed by atoms with Gasteiger partial charge in [0, 0.05) is 36.8 Å². The van der Waals surface area contributed by atoms with Gasteiger partial charge in [0.25, 0.3) is 0 Å². The maximum absolute atomic E-state index is 15.2. The van der Waals surface area contributed by atoms with Gasteiger partial charge >= 0.3 is 0 Å². The van der Waals surface area contributed by atoms with Crippen molar-refractivity contribution in [2.75, 3.05) is 31.1 Å². The first-order valence-corrected chi connectivity index (χ1v) is 9.98. The molecule has 0 spiro atoms. The highest BCUT2D eigenvalue weighted by molar-refractivity contribution is 5.80. The summed E-state index contributed by atoms with van der Waals surface area (Å²) in [7, 11) is 0. The minimum absolute atomic E-state index is 0.0451. The van der Waals surface area contributed by atoms with E-state index in [4.69, 9.17) is 4.74 Å². The van der Waals surface area contributed by atoms with Gasteiger partial charge in [-0.15, -0.1) is 0 Å². The van der Waals surface area contributed by atoms with Crippen LogP contribution >= 0.6 is 0 Å². The molecule has 0 unspecified atom stereocenters. The summed E-state index contributed by atoms with van der Waals surface area (Å²) in [6.45, 7) is 1.33. The lowest BCUT2D eigenvalue weighted by atomic mass is 9.93. The van der Waals surface area contributed by atoms with E-state index in [2.05, 4.69) is 26.1 Å². The van der Waals surface area contributed by atoms with Crippen molar-refractivity contribution in [3.8, 4) is 11.8 Å². The highest BCUT2D eigenvalue weighted by Gasteiger charge is 2.38. The summed E-state index contributed by atoms with van der Waals surface area (Å²) in [4.78, 5) is 29.1. The van der Waals surface area contributed by atoms with Crippen LogP contribution in [0.25, 0.3) is 5.65 Å². The Morgan fingerprint density at radius 1 is 1.29 bits per heavy atom. The van der Waals surface area contributed by atoms with E-state index >= 15 is 4.39 Å². The fourth-order valence-electron chi connectivity index (χ4n) is 4.14. The van der Waals surface area contributed by atoms with Crippen molar-refractivity contribution in [2.24, 2.45) is 5.92 Å². The summed E-state index contributed by atoms with van der Waals surface area (Å²) in [6.07, 6.45) is 5.06. The van der Waals surface area contributed by atoms with Crippen LogP contribution in [-0.4, -0.2) is 67.8 Å². The minimum atomic E-state index is -1.35. The molecule has 1 saturated heterocycles. The molecule has 31 heavy (non-hydrogen) atoms. The molecule has 11 heteroatoms. The topological polar surface area (TPSA) is 113 Å². The second-order valence-corrected chi connectivity index (χ2v) is 7.53. The number of nitriles is 1. The number of hydrogen-bond donors (Lipinski definition) is 0. The number of ether oxygens (including phenoxy) is 1. The minimum Gasteiger partial charge on any atom is -0.490 e. The van der Waals surface area contributed by atoms with Crippen LogP contribution in [0.5, 0.6) is 5.75 Å². The summed E-state index contributed by atoms with van der Waals surface area (Å²) in [6, 6.07) is 3.78. The van der Waals surface area contributed by atoms with Crippen LogP contribution in [0.4, 0.5) is 10.3 Å². The van der Waals surface area contributed by atoms with Gasteiger partial charge in [0.15, 0.2) is 5.65 Å². The maximum atomic E-state index is 15.2. The lowest BCUT2D eigenvalue weighted by Gasteiger charge is -2.36. The first kappa shape index (κ1) is 19.2. The Balaban J connectivity index is 1.32. The molecule has 5 heterocycles. The molecule has 10 nitrogen and oxygen atoms in total. The molecule has 2 aliphatic heterocycles. The number of fused-ring (bicyclic) bond motifs is 2. The van der Waals surface area contributed by atoms with Gasteiger partial charge in [0.2, 0.25) is 11.9 Å². The number of carbonyl (C=O) groups excluding carboxylic acids is 1. The standard InChI is InChI=1S/C20H19FN8O2/c21-16-11-28(20-24-3-1-17-25-12-26-29(17)20)4-2-15(16)19(30)27-5-6-31-18-13(7-22)8-23-9-14(18)10-27/h1,3,8-9,12,15-16H,2,4-6,10-11H2/t15-,16-/m0/s1. The predicted molar refractivity (Wildman–Crippen MR) is 106 cm³/mol. The Bertz CT molecular complexity index is 1180. The second-order valence-electron chi connectivity index (χ2n) is 7.53. The van der Waals surface area contributed by atoms with E-state index in [1.54, 1.807) is 32.8 Å². The van der Waals surface area contributed by atoms with Crippen molar-refractivity contribution >= 4 is 17.5 Å². The monoisotopic (exact) mass is 422 g/mol. The molecule has 0 saturated carbocycles. The van der Waals surface area contributed by atoms with E-state index in [1.165, 1.54) is 12.5 Å².